The Kier molecular flexibility index (Phi) is 5.43. The monoisotopic (exact) mass is 368 g/mol. The Morgan fingerprint density at radius 1 is 1.38 bits per heavy atom. The van der Waals surface area contributed by atoms with Crippen molar-refractivity contribution in [2.24, 2.45) is 12.2 Å². The van der Waals surface area contributed by atoms with Crippen molar-refractivity contribution in [2.45, 2.75) is 12.7 Å². The number of halogens is 1. The Morgan fingerprint density at radius 2 is 2.00 bits per heavy atom. The molecule has 0 saturated heterocycles. The molecule has 1 aromatic carbocycles. The van der Waals surface area contributed by atoms with E-state index in [-0.39, 0.29) is 11.7 Å². The van der Waals surface area contributed by atoms with E-state index in [4.69, 9.17) is 16.7 Å². The molecule has 0 fully saturated rings. The highest BCUT2D eigenvalue weighted by Crippen LogP contribution is 2.20. The average molecular weight is 369 g/mol. The van der Waals surface area contributed by atoms with Gasteiger partial charge in [-0.05, 0) is 30.7 Å². The summed E-state index contributed by atoms with van der Waals surface area (Å²) in [6.07, 6.45) is 2.95. The highest BCUT2D eigenvalue weighted by atomic mass is 35.5. The summed E-state index contributed by atoms with van der Waals surface area (Å²) >= 11 is 6.09. The van der Waals surface area contributed by atoms with Crippen LogP contribution in [0.3, 0.4) is 0 Å². The number of anilines is 1. The van der Waals surface area contributed by atoms with Crippen LogP contribution in [0.15, 0.2) is 30.3 Å². The first kappa shape index (κ1) is 18.2. The third-order valence-corrected chi connectivity index (χ3v) is 4.37. The fraction of sp³-hybridized carbons (Fsp3) is 0.200. The highest BCUT2D eigenvalue weighted by Gasteiger charge is 2.09. The number of nitrogens with zero attached hydrogens (tertiary/aromatic N) is 2. The zero-order valence-corrected chi connectivity index (χ0v) is 14.7. The van der Waals surface area contributed by atoms with Crippen LogP contribution < -0.4 is 10.5 Å². The van der Waals surface area contributed by atoms with Gasteiger partial charge in [-0.3, -0.25) is 9.48 Å². The molecule has 0 aliphatic rings. The van der Waals surface area contributed by atoms with E-state index in [0.717, 1.165) is 5.69 Å². The summed E-state index contributed by atoms with van der Waals surface area (Å²) in [5.41, 5.74) is 2.48. The lowest BCUT2D eigenvalue weighted by molar-refractivity contribution is -0.111. The van der Waals surface area contributed by atoms with Crippen molar-refractivity contribution in [3.63, 3.8) is 0 Å². The van der Waals surface area contributed by atoms with Gasteiger partial charge in [-0.2, -0.15) is 5.10 Å². The van der Waals surface area contributed by atoms with Crippen molar-refractivity contribution in [3.8, 4) is 0 Å². The minimum atomic E-state index is -3.58. The van der Waals surface area contributed by atoms with E-state index >= 15 is 0 Å². The van der Waals surface area contributed by atoms with Crippen molar-refractivity contribution in [1.82, 2.24) is 9.78 Å². The molecule has 2 aromatic rings. The third-order valence-electron chi connectivity index (χ3n) is 3.19. The summed E-state index contributed by atoms with van der Waals surface area (Å²) in [6, 6.07) is 6.39. The topological polar surface area (TPSA) is 107 Å². The molecule has 1 heterocycles. The Morgan fingerprint density at radius 3 is 2.50 bits per heavy atom. The zero-order valence-electron chi connectivity index (χ0n) is 13.2. The zero-order chi connectivity index (χ0) is 17.9. The lowest BCUT2D eigenvalue weighted by Crippen LogP contribution is -2.14. The summed E-state index contributed by atoms with van der Waals surface area (Å²) in [6.45, 7) is 1.80. The third kappa shape index (κ3) is 4.92. The van der Waals surface area contributed by atoms with E-state index < -0.39 is 10.0 Å². The van der Waals surface area contributed by atoms with Crippen LogP contribution in [0, 0.1) is 6.92 Å². The Bertz CT molecular complexity index is 886. The molecule has 9 heteroatoms. The van der Waals surface area contributed by atoms with Crippen molar-refractivity contribution in [2.75, 3.05) is 5.32 Å². The fourth-order valence-corrected chi connectivity index (χ4v) is 2.99. The highest BCUT2D eigenvalue weighted by molar-refractivity contribution is 7.88. The Hall–Kier alpha value is -2.16. The summed E-state index contributed by atoms with van der Waals surface area (Å²) in [4.78, 5) is 11.9. The smallest absolute Gasteiger partial charge is 0.248 e. The Balaban J connectivity index is 2.03. The molecule has 24 heavy (non-hydrogen) atoms. The number of hydrogen-bond donors (Lipinski definition) is 2. The first-order valence-corrected chi connectivity index (χ1v) is 9.02. The van der Waals surface area contributed by atoms with Gasteiger partial charge in [0.15, 0.2) is 0 Å². The predicted molar refractivity (Wildman–Crippen MR) is 93.9 cm³/mol. The molecule has 0 aliphatic carbocycles. The van der Waals surface area contributed by atoms with Gasteiger partial charge in [-0.15, -0.1) is 0 Å². The average Bonchev–Trinajstić information content (AvgIpc) is 2.71. The first-order valence-electron chi connectivity index (χ1n) is 6.93. The molecule has 0 radical (unpaired) electrons. The summed E-state index contributed by atoms with van der Waals surface area (Å²) in [7, 11) is -1.86. The largest absolute Gasteiger partial charge is 0.323 e. The molecule has 0 atom stereocenters. The van der Waals surface area contributed by atoms with Crippen LogP contribution in [0.25, 0.3) is 6.08 Å². The number of nitrogens with two attached hydrogens (primary N) is 1. The second kappa shape index (κ2) is 7.16. The number of sulfonamides is 1. The van der Waals surface area contributed by atoms with E-state index in [2.05, 4.69) is 10.4 Å². The van der Waals surface area contributed by atoms with Crippen LogP contribution in [0.2, 0.25) is 5.15 Å². The molecule has 3 N–H and O–H groups in total. The van der Waals surface area contributed by atoms with E-state index in [1.54, 1.807) is 44.3 Å². The lowest BCUT2D eigenvalue weighted by atomic mass is 10.2. The minimum Gasteiger partial charge on any atom is -0.323 e. The maximum Gasteiger partial charge on any atom is 0.248 e. The lowest BCUT2D eigenvalue weighted by Gasteiger charge is -2.04. The minimum absolute atomic E-state index is 0.250. The van der Waals surface area contributed by atoms with Gasteiger partial charge in [-0.25, -0.2) is 13.6 Å². The maximum atomic E-state index is 11.9. The van der Waals surface area contributed by atoms with Gasteiger partial charge in [0, 0.05) is 24.4 Å². The van der Waals surface area contributed by atoms with E-state index in [1.807, 2.05) is 0 Å². The van der Waals surface area contributed by atoms with Gasteiger partial charge in [0.25, 0.3) is 0 Å². The summed E-state index contributed by atoms with van der Waals surface area (Å²) in [5.74, 6) is -0.589. The molecule has 0 saturated carbocycles. The molecular formula is C15H17ClN4O3S. The van der Waals surface area contributed by atoms with Crippen molar-refractivity contribution < 1.29 is 13.2 Å². The number of nitrogens with one attached hydrogen (secondary N) is 1. The molecule has 1 amide bonds. The predicted octanol–water partition coefficient (Wildman–Crippen LogP) is 1.82. The summed E-state index contributed by atoms with van der Waals surface area (Å²) < 4.78 is 23.6. The van der Waals surface area contributed by atoms with Crippen LogP contribution in [0.5, 0.6) is 0 Å². The number of aryl methyl sites for hydroxylation is 2. The van der Waals surface area contributed by atoms with Gasteiger partial charge < -0.3 is 5.32 Å². The molecule has 2 rings (SSSR count). The summed E-state index contributed by atoms with van der Waals surface area (Å²) in [5, 5.41) is 12.3. The normalized spacial score (nSPS) is 11.8. The second-order valence-electron chi connectivity index (χ2n) is 5.24. The quantitative estimate of drug-likeness (QED) is 0.785. The van der Waals surface area contributed by atoms with Crippen molar-refractivity contribution in [3.05, 3.63) is 52.3 Å². The second-order valence-corrected chi connectivity index (χ2v) is 7.21. The number of carbonyl (C=O) groups excluding carboxylic acids is 1. The molecule has 0 aliphatic heterocycles. The number of benzene rings is 1. The maximum absolute atomic E-state index is 11.9. The molecule has 0 bridgehead atoms. The van der Waals surface area contributed by atoms with E-state index in [0.29, 0.717) is 22.0 Å². The number of primary sulfonamides is 1. The van der Waals surface area contributed by atoms with Gasteiger partial charge in [0.1, 0.15) is 5.15 Å². The van der Waals surface area contributed by atoms with Crippen LogP contribution in [-0.2, 0) is 27.6 Å². The fourth-order valence-electron chi connectivity index (χ4n) is 2.10. The van der Waals surface area contributed by atoms with E-state index in [9.17, 15) is 13.2 Å². The van der Waals surface area contributed by atoms with Gasteiger partial charge in [0.05, 0.1) is 11.4 Å². The molecule has 7 nitrogen and oxygen atoms in total. The number of carbonyl (C=O) groups is 1. The number of rotatable bonds is 5. The molecule has 0 unspecified atom stereocenters. The Labute approximate surface area is 145 Å². The van der Waals surface area contributed by atoms with Crippen LogP contribution >= 0.6 is 11.6 Å². The van der Waals surface area contributed by atoms with E-state index in [1.165, 1.54) is 10.8 Å². The number of amides is 1. The van der Waals surface area contributed by atoms with Crippen LogP contribution in [0.4, 0.5) is 5.69 Å². The van der Waals surface area contributed by atoms with Crippen molar-refractivity contribution >= 4 is 39.3 Å². The SMILES string of the molecule is Cc1nn(C)c(Cl)c1/C=C/C(=O)Nc1ccc(CS(N)(=O)=O)cc1. The molecule has 128 valence electrons. The standard InChI is InChI=1S/C15H17ClN4O3S/c1-10-13(15(16)20(2)19-10)7-8-14(21)18-12-5-3-11(4-6-12)9-24(17,22)23/h3-8H,9H2,1-2H3,(H,18,21)(H2,17,22,23)/b8-7+. The number of aromatic nitrogens is 2. The molecule has 1 aromatic heterocycles. The molecule has 0 spiro atoms. The number of hydrogen-bond acceptors (Lipinski definition) is 4. The van der Waals surface area contributed by atoms with Gasteiger partial charge >= 0.3 is 0 Å². The van der Waals surface area contributed by atoms with Crippen LogP contribution in [-0.4, -0.2) is 24.1 Å². The van der Waals surface area contributed by atoms with Gasteiger partial charge in [-0.1, -0.05) is 23.7 Å². The molecular weight excluding hydrogens is 352 g/mol. The van der Waals surface area contributed by atoms with Gasteiger partial charge in [0.2, 0.25) is 15.9 Å². The van der Waals surface area contributed by atoms with Crippen molar-refractivity contribution in [1.29, 1.82) is 0 Å². The first-order chi connectivity index (χ1) is 11.2. The van der Waals surface area contributed by atoms with Crippen LogP contribution in [0.1, 0.15) is 16.8 Å².